The van der Waals surface area contributed by atoms with Gasteiger partial charge in [0.15, 0.2) is 0 Å². The molecule has 4 nitrogen and oxygen atoms in total. The number of ether oxygens (including phenoxy) is 1. The van der Waals surface area contributed by atoms with Crippen LogP contribution in [0.1, 0.15) is 21.5 Å². The van der Waals surface area contributed by atoms with Crippen molar-refractivity contribution >= 4 is 5.97 Å². The number of hydrogen-bond donors (Lipinski definition) is 1. The molecule has 0 radical (unpaired) electrons. The van der Waals surface area contributed by atoms with Crippen LogP contribution in [0.25, 0.3) is 11.1 Å². The van der Waals surface area contributed by atoms with Crippen LogP contribution in [0.3, 0.4) is 0 Å². The summed E-state index contributed by atoms with van der Waals surface area (Å²) < 4.78 is 5.35. The van der Waals surface area contributed by atoms with E-state index >= 15 is 0 Å². The average molecular weight is 329 g/mol. The molecule has 0 fully saturated rings. The Balaban J connectivity index is 1.90. The van der Waals surface area contributed by atoms with Gasteiger partial charge in [0.05, 0.1) is 11.6 Å². The van der Waals surface area contributed by atoms with E-state index < -0.39 is 5.97 Å². The van der Waals surface area contributed by atoms with Crippen molar-refractivity contribution in [3.05, 3.63) is 89.5 Å². The minimum absolute atomic E-state index is 0.114. The highest BCUT2D eigenvalue weighted by Crippen LogP contribution is 2.31. The number of hydrogen-bond acceptors (Lipinski definition) is 4. The Morgan fingerprint density at radius 3 is 2.36 bits per heavy atom. The van der Waals surface area contributed by atoms with E-state index in [1.54, 1.807) is 36.4 Å². The van der Waals surface area contributed by atoms with E-state index in [4.69, 9.17) is 10.00 Å². The van der Waals surface area contributed by atoms with Gasteiger partial charge in [0, 0.05) is 0 Å². The second kappa shape index (κ2) is 7.33. The highest BCUT2D eigenvalue weighted by atomic mass is 16.5. The monoisotopic (exact) mass is 329 g/mol. The highest BCUT2D eigenvalue weighted by molar-refractivity contribution is 6.00. The third kappa shape index (κ3) is 3.67. The molecule has 25 heavy (non-hydrogen) atoms. The van der Waals surface area contributed by atoms with E-state index in [-0.39, 0.29) is 17.9 Å². The first-order valence-electron chi connectivity index (χ1n) is 7.72. The lowest BCUT2D eigenvalue weighted by atomic mass is 9.98. The van der Waals surface area contributed by atoms with E-state index in [1.807, 2.05) is 30.3 Å². The van der Waals surface area contributed by atoms with Gasteiger partial charge in [-0.3, -0.25) is 0 Å². The maximum Gasteiger partial charge on any atom is 0.342 e. The summed E-state index contributed by atoms with van der Waals surface area (Å²) in [4.78, 5) is 12.5. The fourth-order valence-electron chi connectivity index (χ4n) is 2.51. The molecule has 3 rings (SSSR count). The molecular weight excluding hydrogens is 314 g/mol. The Labute approximate surface area is 145 Å². The maximum atomic E-state index is 12.5. The number of rotatable bonds is 4. The van der Waals surface area contributed by atoms with Crippen LogP contribution in [0.2, 0.25) is 0 Å². The van der Waals surface area contributed by atoms with Crippen LogP contribution in [0, 0.1) is 11.3 Å². The molecule has 0 aliphatic carbocycles. The number of carbonyl (C=O) groups is 1. The summed E-state index contributed by atoms with van der Waals surface area (Å²) in [5.74, 6) is -0.735. The number of aromatic hydroxyl groups is 1. The number of carbonyl (C=O) groups excluding carboxylic acids is 1. The summed E-state index contributed by atoms with van der Waals surface area (Å²) in [5, 5.41) is 19.1. The molecule has 3 aromatic carbocycles. The van der Waals surface area contributed by atoms with E-state index in [1.165, 1.54) is 6.07 Å². The van der Waals surface area contributed by atoms with E-state index in [0.29, 0.717) is 11.1 Å². The molecular formula is C21H15NO3. The highest BCUT2D eigenvalue weighted by Gasteiger charge is 2.19. The molecule has 0 spiro atoms. The minimum Gasteiger partial charge on any atom is -0.507 e. The summed E-state index contributed by atoms with van der Waals surface area (Å²) in [6, 6.07) is 23.0. The zero-order valence-corrected chi connectivity index (χ0v) is 13.3. The zero-order chi connectivity index (χ0) is 17.6. The topological polar surface area (TPSA) is 70.3 Å². The largest absolute Gasteiger partial charge is 0.507 e. The normalized spacial score (nSPS) is 10.0. The summed E-state index contributed by atoms with van der Waals surface area (Å²) in [5.41, 5.74) is 2.79. The lowest BCUT2D eigenvalue weighted by Gasteiger charge is -2.12. The number of esters is 1. The van der Waals surface area contributed by atoms with E-state index in [0.717, 1.165) is 11.1 Å². The third-order valence-electron chi connectivity index (χ3n) is 3.78. The van der Waals surface area contributed by atoms with Gasteiger partial charge in [0.1, 0.15) is 17.9 Å². The second-order valence-corrected chi connectivity index (χ2v) is 5.45. The number of phenolic OH excluding ortho intramolecular Hbond substituents is 1. The molecule has 3 aromatic rings. The molecule has 0 aliphatic rings. The van der Waals surface area contributed by atoms with E-state index in [2.05, 4.69) is 6.07 Å². The van der Waals surface area contributed by atoms with Crippen LogP contribution in [0.5, 0.6) is 5.75 Å². The number of nitriles is 1. The average Bonchev–Trinajstić information content (AvgIpc) is 2.67. The van der Waals surface area contributed by atoms with Crippen LogP contribution < -0.4 is 0 Å². The van der Waals surface area contributed by atoms with Crippen molar-refractivity contribution in [1.82, 2.24) is 0 Å². The van der Waals surface area contributed by atoms with Gasteiger partial charge in [0.2, 0.25) is 0 Å². The zero-order valence-electron chi connectivity index (χ0n) is 13.3. The number of phenols is 1. The molecule has 0 atom stereocenters. The SMILES string of the molecule is N#Cc1ccc(-c2cccc(O)c2C(=O)OCc2ccccc2)cc1. The number of nitrogens with zero attached hydrogens (tertiary/aromatic N) is 1. The molecule has 0 aromatic heterocycles. The molecule has 0 saturated heterocycles. The Kier molecular flexibility index (Phi) is 4.77. The van der Waals surface area contributed by atoms with Crippen molar-refractivity contribution in [2.75, 3.05) is 0 Å². The summed E-state index contributed by atoms with van der Waals surface area (Å²) in [7, 11) is 0. The number of benzene rings is 3. The van der Waals surface area contributed by atoms with Gasteiger partial charge in [-0.1, -0.05) is 54.6 Å². The van der Waals surface area contributed by atoms with Crippen molar-refractivity contribution < 1.29 is 14.6 Å². The van der Waals surface area contributed by atoms with Gasteiger partial charge in [-0.15, -0.1) is 0 Å². The molecule has 1 N–H and O–H groups in total. The van der Waals surface area contributed by atoms with Crippen molar-refractivity contribution in [2.45, 2.75) is 6.61 Å². The Morgan fingerprint density at radius 2 is 1.68 bits per heavy atom. The summed E-state index contributed by atoms with van der Waals surface area (Å²) >= 11 is 0. The van der Waals surface area contributed by atoms with Gasteiger partial charge >= 0.3 is 5.97 Å². The van der Waals surface area contributed by atoms with E-state index in [9.17, 15) is 9.90 Å². The maximum absolute atomic E-state index is 12.5. The quantitative estimate of drug-likeness (QED) is 0.725. The van der Waals surface area contributed by atoms with Crippen molar-refractivity contribution in [1.29, 1.82) is 5.26 Å². The molecule has 122 valence electrons. The first-order valence-corrected chi connectivity index (χ1v) is 7.72. The van der Waals surface area contributed by atoms with Crippen molar-refractivity contribution in [3.8, 4) is 22.9 Å². The first-order chi connectivity index (χ1) is 12.2. The van der Waals surface area contributed by atoms with Gasteiger partial charge < -0.3 is 9.84 Å². The van der Waals surface area contributed by atoms with Crippen LogP contribution in [0.4, 0.5) is 0 Å². The predicted octanol–water partition coefficient (Wildman–Crippen LogP) is 4.29. The van der Waals surface area contributed by atoms with Crippen LogP contribution in [0.15, 0.2) is 72.8 Å². The van der Waals surface area contributed by atoms with Crippen LogP contribution >= 0.6 is 0 Å². The van der Waals surface area contributed by atoms with Crippen molar-refractivity contribution in [2.24, 2.45) is 0 Å². The van der Waals surface area contributed by atoms with Gasteiger partial charge in [0.25, 0.3) is 0 Å². The standard InChI is InChI=1S/C21H15NO3/c22-13-15-9-11-17(12-10-15)18-7-4-8-19(23)20(18)21(24)25-14-16-5-2-1-3-6-16/h1-12,23H,14H2. The van der Waals surface area contributed by atoms with Crippen LogP contribution in [-0.2, 0) is 11.3 Å². The molecule has 4 heteroatoms. The minimum atomic E-state index is -0.596. The third-order valence-corrected chi connectivity index (χ3v) is 3.78. The molecule has 0 saturated carbocycles. The van der Waals surface area contributed by atoms with Crippen LogP contribution in [-0.4, -0.2) is 11.1 Å². The summed E-state index contributed by atoms with van der Waals surface area (Å²) in [6.45, 7) is 0.126. The Morgan fingerprint density at radius 1 is 0.960 bits per heavy atom. The molecule has 0 heterocycles. The smallest absolute Gasteiger partial charge is 0.342 e. The lowest BCUT2D eigenvalue weighted by Crippen LogP contribution is -2.07. The Bertz CT molecular complexity index is 926. The lowest BCUT2D eigenvalue weighted by molar-refractivity contribution is 0.0470. The van der Waals surface area contributed by atoms with Gasteiger partial charge in [-0.2, -0.15) is 5.26 Å². The first kappa shape index (κ1) is 16.3. The van der Waals surface area contributed by atoms with Gasteiger partial charge in [-0.25, -0.2) is 4.79 Å². The molecule has 0 bridgehead atoms. The fraction of sp³-hybridized carbons (Fsp3) is 0.0476. The second-order valence-electron chi connectivity index (χ2n) is 5.45. The predicted molar refractivity (Wildman–Crippen MR) is 93.8 cm³/mol. The molecule has 0 amide bonds. The van der Waals surface area contributed by atoms with Crippen molar-refractivity contribution in [3.63, 3.8) is 0 Å². The molecule has 0 aliphatic heterocycles. The van der Waals surface area contributed by atoms with Gasteiger partial charge in [-0.05, 0) is 34.9 Å². The summed E-state index contributed by atoms with van der Waals surface area (Å²) in [6.07, 6.45) is 0. The Hall–Kier alpha value is -3.58. The fourth-order valence-corrected chi connectivity index (χ4v) is 2.51. The molecule has 0 unspecified atom stereocenters.